The molecule has 1 aliphatic rings. The maximum atomic E-state index is 5.67. The molecule has 0 bridgehead atoms. The number of methoxy groups -OCH3 is 1. The molecule has 0 fully saturated rings. The van der Waals surface area contributed by atoms with Crippen LogP contribution in [0.5, 0.6) is 5.75 Å². The van der Waals surface area contributed by atoms with Crippen molar-refractivity contribution in [1.29, 1.82) is 0 Å². The highest BCUT2D eigenvalue weighted by Crippen LogP contribution is 2.39. The van der Waals surface area contributed by atoms with Crippen LogP contribution in [-0.4, -0.2) is 30.7 Å². The molecule has 2 heterocycles. The third-order valence-corrected chi connectivity index (χ3v) is 6.19. The number of hydrogen-bond donors (Lipinski definition) is 0. The predicted octanol–water partition coefficient (Wildman–Crippen LogP) is 5.95. The van der Waals surface area contributed by atoms with Gasteiger partial charge in [-0.05, 0) is 48.7 Å². The fraction of sp³-hybridized carbons (Fsp3) is 0.231. The Labute approximate surface area is 195 Å². The van der Waals surface area contributed by atoms with Crippen molar-refractivity contribution in [3.8, 4) is 5.75 Å². The van der Waals surface area contributed by atoms with E-state index in [9.17, 15) is 0 Å². The summed E-state index contributed by atoms with van der Waals surface area (Å²) in [4.78, 5) is 14.4. The van der Waals surface area contributed by atoms with E-state index >= 15 is 0 Å². The molecule has 1 atom stereocenters. The minimum Gasteiger partial charge on any atom is -0.494 e. The first-order valence-corrected chi connectivity index (χ1v) is 10.7. The Kier molecular flexibility index (Phi) is 6.19. The zero-order valence-corrected chi connectivity index (χ0v) is 19.3. The van der Waals surface area contributed by atoms with E-state index in [0.717, 1.165) is 41.1 Å². The summed E-state index contributed by atoms with van der Waals surface area (Å²) in [7, 11) is 3.70. The van der Waals surface area contributed by atoms with Gasteiger partial charge in [0.05, 0.1) is 13.2 Å². The van der Waals surface area contributed by atoms with Gasteiger partial charge in [-0.3, -0.25) is 0 Å². The zero-order valence-electron chi connectivity index (χ0n) is 18.5. The van der Waals surface area contributed by atoms with Crippen molar-refractivity contribution in [1.82, 2.24) is 9.97 Å². The maximum absolute atomic E-state index is 5.67. The van der Waals surface area contributed by atoms with Gasteiger partial charge in [-0.25, -0.2) is 4.98 Å². The molecule has 0 radical (unpaired) electrons. The first-order chi connectivity index (χ1) is 15.2. The summed E-state index contributed by atoms with van der Waals surface area (Å²) in [6.07, 6.45) is 1.000. The molecule has 1 unspecified atom stereocenters. The van der Waals surface area contributed by atoms with E-state index in [1.54, 1.807) is 7.11 Å². The molecular weight excluding hydrogens is 420 g/mol. The molecule has 5 nitrogen and oxygen atoms in total. The van der Waals surface area contributed by atoms with Crippen LogP contribution in [0.1, 0.15) is 24.1 Å². The summed E-state index contributed by atoms with van der Waals surface area (Å²) in [5.74, 6) is 2.36. The van der Waals surface area contributed by atoms with Crippen LogP contribution in [0.3, 0.4) is 0 Å². The van der Waals surface area contributed by atoms with Gasteiger partial charge in [-0.15, -0.1) is 12.4 Å². The second-order valence-electron chi connectivity index (χ2n) is 7.92. The maximum Gasteiger partial charge on any atom is 0.232 e. The number of ether oxygens (including phenoxy) is 1. The Morgan fingerprint density at radius 3 is 2.47 bits per heavy atom. The number of anilines is 3. The van der Waals surface area contributed by atoms with Crippen molar-refractivity contribution >= 4 is 40.8 Å². The molecule has 1 aliphatic heterocycles. The Morgan fingerprint density at radius 2 is 1.69 bits per heavy atom. The lowest BCUT2D eigenvalue weighted by molar-refractivity contribution is 0.419. The van der Waals surface area contributed by atoms with E-state index in [-0.39, 0.29) is 18.4 Å². The molecule has 0 saturated heterocycles. The molecule has 0 saturated carbocycles. The van der Waals surface area contributed by atoms with E-state index < -0.39 is 0 Å². The van der Waals surface area contributed by atoms with Gasteiger partial charge in [-0.1, -0.05) is 48.5 Å². The van der Waals surface area contributed by atoms with Gasteiger partial charge in [0.15, 0.2) is 0 Å². The number of nitrogens with zero attached hydrogens (tertiary/aromatic N) is 4. The van der Waals surface area contributed by atoms with Gasteiger partial charge in [0.1, 0.15) is 17.1 Å². The van der Waals surface area contributed by atoms with Crippen molar-refractivity contribution in [2.75, 3.05) is 30.5 Å². The van der Waals surface area contributed by atoms with E-state index in [0.29, 0.717) is 5.95 Å². The molecule has 3 aromatic carbocycles. The SMILES string of the molecule is COc1cccc2c(N3CCc4ccccc4C3C)nc(N(C)c3ccccc3)nc12.Cl. The van der Waals surface area contributed by atoms with Gasteiger partial charge >= 0.3 is 0 Å². The molecule has 1 aromatic heterocycles. The molecule has 0 aliphatic carbocycles. The number of rotatable bonds is 4. The van der Waals surface area contributed by atoms with Crippen LogP contribution in [0.25, 0.3) is 10.9 Å². The number of halogens is 1. The van der Waals surface area contributed by atoms with Crippen LogP contribution < -0.4 is 14.5 Å². The standard InChI is InChI=1S/C26H26N4O.ClH/c1-18-21-13-8-7-10-19(21)16-17-30(18)25-22-14-9-15-23(31-3)24(22)27-26(28-25)29(2)20-11-5-4-6-12-20;/h4-15,18H,16-17H2,1-3H3;1H. The summed E-state index contributed by atoms with van der Waals surface area (Å²) in [6, 6.07) is 25.2. The largest absolute Gasteiger partial charge is 0.494 e. The van der Waals surface area contributed by atoms with Crippen LogP contribution >= 0.6 is 12.4 Å². The molecule has 32 heavy (non-hydrogen) atoms. The van der Waals surface area contributed by atoms with Gasteiger partial charge in [-0.2, -0.15) is 4.98 Å². The number of hydrogen-bond acceptors (Lipinski definition) is 5. The van der Waals surface area contributed by atoms with E-state index in [1.165, 1.54) is 11.1 Å². The third-order valence-electron chi connectivity index (χ3n) is 6.19. The number of aromatic nitrogens is 2. The van der Waals surface area contributed by atoms with Gasteiger partial charge in [0.25, 0.3) is 0 Å². The Morgan fingerprint density at radius 1 is 0.938 bits per heavy atom. The fourth-order valence-electron chi connectivity index (χ4n) is 4.46. The van der Waals surface area contributed by atoms with Gasteiger partial charge < -0.3 is 14.5 Å². The summed E-state index contributed by atoms with van der Waals surface area (Å²) in [5, 5.41) is 1.01. The zero-order chi connectivity index (χ0) is 21.4. The lowest BCUT2D eigenvalue weighted by Crippen LogP contribution is -2.35. The summed E-state index contributed by atoms with van der Waals surface area (Å²) in [5.41, 5.74) is 4.66. The van der Waals surface area contributed by atoms with Crippen molar-refractivity contribution in [3.05, 3.63) is 83.9 Å². The highest BCUT2D eigenvalue weighted by atomic mass is 35.5. The number of para-hydroxylation sites is 2. The van der Waals surface area contributed by atoms with Crippen molar-refractivity contribution in [2.24, 2.45) is 0 Å². The van der Waals surface area contributed by atoms with Crippen LogP contribution in [0.15, 0.2) is 72.8 Å². The molecule has 5 rings (SSSR count). The second-order valence-corrected chi connectivity index (χ2v) is 7.92. The van der Waals surface area contributed by atoms with E-state index in [4.69, 9.17) is 14.7 Å². The minimum absolute atomic E-state index is 0. The van der Waals surface area contributed by atoms with Crippen LogP contribution in [-0.2, 0) is 6.42 Å². The average Bonchev–Trinajstić information content (AvgIpc) is 2.83. The second kappa shape index (κ2) is 9.05. The quantitative estimate of drug-likeness (QED) is 0.387. The number of fused-ring (bicyclic) bond motifs is 2. The van der Waals surface area contributed by atoms with Gasteiger partial charge in [0.2, 0.25) is 5.95 Å². The molecule has 164 valence electrons. The Hall–Kier alpha value is -3.31. The summed E-state index contributed by atoms with van der Waals surface area (Å²) >= 11 is 0. The fourth-order valence-corrected chi connectivity index (χ4v) is 4.46. The monoisotopic (exact) mass is 446 g/mol. The topological polar surface area (TPSA) is 41.5 Å². The normalized spacial score (nSPS) is 15.1. The minimum atomic E-state index is 0. The lowest BCUT2D eigenvalue weighted by atomic mass is 9.93. The highest BCUT2D eigenvalue weighted by Gasteiger charge is 2.27. The van der Waals surface area contributed by atoms with Crippen molar-refractivity contribution in [2.45, 2.75) is 19.4 Å². The lowest BCUT2D eigenvalue weighted by Gasteiger charge is -2.37. The first kappa shape index (κ1) is 21.9. The first-order valence-electron chi connectivity index (χ1n) is 10.7. The number of benzene rings is 3. The Balaban J connectivity index is 0.00000245. The van der Waals surface area contributed by atoms with Gasteiger partial charge in [0, 0.05) is 24.7 Å². The Bertz CT molecular complexity index is 1230. The molecule has 0 amide bonds. The molecule has 0 spiro atoms. The molecular formula is C26H27ClN4O. The smallest absolute Gasteiger partial charge is 0.232 e. The highest BCUT2D eigenvalue weighted by molar-refractivity contribution is 5.95. The van der Waals surface area contributed by atoms with Crippen molar-refractivity contribution < 1.29 is 4.74 Å². The van der Waals surface area contributed by atoms with E-state index in [2.05, 4.69) is 54.3 Å². The van der Waals surface area contributed by atoms with Crippen LogP contribution in [0, 0.1) is 0 Å². The molecule has 6 heteroatoms. The summed E-state index contributed by atoms with van der Waals surface area (Å²) < 4.78 is 5.67. The van der Waals surface area contributed by atoms with E-state index in [1.807, 2.05) is 42.3 Å². The summed E-state index contributed by atoms with van der Waals surface area (Å²) in [6.45, 7) is 3.17. The average molecular weight is 447 g/mol. The molecule has 4 aromatic rings. The third kappa shape index (κ3) is 3.73. The molecule has 0 N–H and O–H groups in total. The predicted molar refractivity (Wildman–Crippen MR) is 134 cm³/mol. The van der Waals surface area contributed by atoms with Crippen LogP contribution in [0.4, 0.5) is 17.5 Å². The van der Waals surface area contributed by atoms with Crippen molar-refractivity contribution in [3.63, 3.8) is 0 Å². The van der Waals surface area contributed by atoms with Crippen LogP contribution in [0.2, 0.25) is 0 Å².